The molecule has 0 amide bonds. The van der Waals surface area contributed by atoms with E-state index < -0.39 is 0 Å². The summed E-state index contributed by atoms with van der Waals surface area (Å²) in [6, 6.07) is 32.5. The van der Waals surface area contributed by atoms with Crippen molar-refractivity contribution in [3.05, 3.63) is 142 Å². The van der Waals surface area contributed by atoms with E-state index in [1.165, 1.54) is 0 Å². The van der Waals surface area contributed by atoms with E-state index in [1.807, 2.05) is 72.8 Å². The molecule has 1 aliphatic heterocycles. The van der Waals surface area contributed by atoms with Crippen LogP contribution in [0.15, 0.2) is 97.1 Å². The van der Waals surface area contributed by atoms with Gasteiger partial charge in [-0.25, -0.2) is 0 Å². The van der Waals surface area contributed by atoms with Crippen LogP contribution < -0.4 is 0 Å². The molecule has 0 spiro atoms. The maximum Gasteiger partial charge on any atom is 0.147 e. The van der Waals surface area contributed by atoms with Crippen LogP contribution in [0, 0.1) is 0 Å². The van der Waals surface area contributed by atoms with Crippen molar-refractivity contribution in [1.82, 2.24) is 0 Å². The van der Waals surface area contributed by atoms with E-state index in [0.717, 1.165) is 44.5 Å². The maximum atomic E-state index is 5.75. The van der Waals surface area contributed by atoms with Crippen molar-refractivity contribution in [3.8, 4) is 0 Å². The first-order valence-corrected chi connectivity index (χ1v) is 14.7. The molecule has 0 aromatic heterocycles. The van der Waals surface area contributed by atoms with Crippen molar-refractivity contribution in [3.63, 3.8) is 0 Å². The molecule has 0 fully saturated rings. The molecule has 1 heterocycles. The molecule has 8 nitrogen and oxygen atoms in total. The van der Waals surface area contributed by atoms with Crippen molar-refractivity contribution in [2.75, 3.05) is 27.2 Å². The monoisotopic (exact) mass is 600 g/mol. The highest BCUT2D eigenvalue weighted by molar-refractivity contribution is 5.25. The smallest absolute Gasteiger partial charge is 0.147 e. The van der Waals surface area contributed by atoms with E-state index in [1.54, 1.807) is 0 Å². The highest BCUT2D eigenvalue weighted by atomic mass is 16.7. The van der Waals surface area contributed by atoms with Crippen molar-refractivity contribution >= 4 is 0 Å². The van der Waals surface area contributed by atoms with E-state index >= 15 is 0 Å². The minimum atomic E-state index is 0.198. The Morgan fingerprint density at radius 3 is 0.568 bits per heavy atom. The highest BCUT2D eigenvalue weighted by Crippen LogP contribution is 2.13. The molecule has 0 aliphatic carbocycles. The molecule has 5 rings (SSSR count). The number of rotatable bonds is 0. The summed E-state index contributed by atoms with van der Waals surface area (Å²) in [5, 5.41) is 0. The van der Waals surface area contributed by atoms with Crippen molar-refractivity contribution in [2.24, 2.45) is 0 Å². The predicted octanol–water partition coefficient (Wildman–Crippen LogP) is 6.76. The largest absolute Gasteiger partial charge is 0.351 e. The maximum absolute atomic E-state index is 5.75. The summed E-state index contributed by atoms with van der Waals surface area (Å²) < 4.78 is 46.0. The lowest BCUT2D eigenvalue weighted by molar-refractivity contribution is -0.0714. The highest BCUT2D eigenvalue weighted by Gasteiger charge is 2.03. The van der Waals surface area contributed by atoms with Crippen LogP contribution in [-0.2, 0) is 90.7 Å². The molecule has 4 aromatic rings. The second-order valence-electron chi connectivity index (χ2n) is 10.5. The zero-order valence-corrected chi connectivity index (χ0v) is 25.0. The number of benzene rings is 4. The molecule has 1 aliphatic rings. The zero-order valence-electron chi connectivity index (χ0n) is 25.0. The van der Waals surface area contributed by atoms with Crippen LogP contribution in [0.1, 0.15) is 44.5 Å². The van der Waals surface area contributed by atoms with Gasteiger partial charge in [0.25, 0.3) is 0 Å². The minimum absolute atomic E-state index is 0.198. The van der Waals surface area contributed by atoms with E-state index in [9.17, 15) is 0 Å². The van der Waals surface area contributed by atoms with Gasteiger partial charge in [-0.3, -0.25) is 0 Å². The molecular weight excluding hydrogens is 560 g/mol. The Bertz CT molecular complexity index is 1110. The number of fused-ring (bicyclic) bond motifs is 8. The lowest BCUT2D eigenvalue weighted by Gasteiger charge is -2.11. The van der Waals surface area contributed by atoms with Crippen molar-refractivity contribution in [2.45, 2.75) is 52.9 Å². The summed E-state index contributed by atoms with van der Waals surface area (Å²) in [6.07, 6.45) is 0. The first-order valence-electron chi connectivity index (χ1n) is 14.7. The average Bonchev–Trinajstić information content (AvgIpc) is 3.05. The normalized spacial score (nSPS) is 17.1. The quantitative estimate of drug-likeness (QED) is 0.219. The van der Waals surface area contributed by atoms with E-state index in [2.05, 4.69) is 24.3 Å². The molecule has 8 bridgehead atoms. The Morgan fingerprint density at radius 2 is 0.409 bits per heavy atom. The third-order valence-electron chi connectivity index (χ3n) is 6.78. The average molecular weight is 601 g/mol. The summed E-state index contributed by atoms with van der Waals surface area (Å²) >= 11 is 0. The molecule has 0 atom stereocenters. The van der Waals surface area contributed by atoms with Crippen LogP contribution >= 0.6 is 0 Å². The van der Waals surface area contributed by atoms with Gasteiger partial charge in [-0.2, -0.15) is 0 Å². The lowest BCUT2D eigenvalue weighted by Crippen LogP contribution is -2.04. The van der Waals surface area contributed by atoms with Crippen molar-refractivity contribution in [1.29, 1.82) is 0 Å². The topological polar surface area (TPSA) is 73.8 Å². The molecule has 4 aromatic carbocycles. The zero-order chi connectivity index (χ0) is 30.1. The van der Waals surface area contributed by atoms with Crippen LogP contribution in [-0.4, -0.2) is 27.2 Å². The van der Waals surface area contributed by atoms with Gasteiger partial charge in [-0.1, -0.05) is 97.1 Å². The van der Waals surface area contributed by atoms with Crippen LogP contribution in [0.3, 0.4) is 0 Å². The van der Waals surface area contributed by atoms with Gasteiger partial charge < -0.3 is 37.9 Å². The third kappa shape index (κ3) is 11.6. The van der Waals surface area contributed by atoms with E-state index in [-0.39, 0.29) is 27.2 Å². The number of hydrogen-bond donors (Lipinski definition) is 0. The summed E-state index contributed by atoms with van der Waals surface area (Å²) in [6.45, 7) is 4.42. The van der Waals surface area contributed by atoms with E-state index in [0.29, 0.717) is 52.9 Å². The second kappa shape index (κ2) is 18.4. The van der Waals surface area contributed by atoms with Gasteiger partial charge in [-0.05, 0) is 44.5 Å². The number of ether oxygens (including phenoxy) is 8. The predicted molar refractivity (Wildman–Crippen MR) is 164 cm³/mol. The first-order chi connectivity index (χ1) is 21.8. The number of hydrogen-bond acceptors (Lipinski definition) is 8. The third-order valence-corrected chi connectivity index (χ3v) is 6.78. The summed E-state index contributed by atoms with van der Waals surface area (Å²) in [4.78, 5) is 0. The Kier molecular flexibility index (Phi) is 13.4. The molecule has 8 heteroatoms. The van der Waals surface area contributed by atoms with Gasteiger partial charge >= 0.3 is 0 Å². The summed E-state index contributed by atoms with van der Waals surface area (Å²) in [5.74, 6) is 0. The van der Waals surface area contributed by atoms with Crippen LogP contribution in [0.2, 0.25) is 0 Å². The fourth-order valence-corrected chi connectivity index (χ4v) is 4.75. The van der Waals surface area contributed by atoms with Gasteiger partial charge in [0.15, 0.2) is 0 Å². The standard InChI is InChI=1S/C36H40O8/c1-5-29-13-30(6-1)18-38-26-40-20-32-8-3-10-34(15-32)22-42-28-44-24-36-12-4-11-35(16-36)23-43-27-41-21-33-9-2-7-31(14-33)19-39-25-37-17-29/h1-16H,17-28H2. The molecule has 0 N–H and O–H groups in total. The van der Waals surface area contributed by atoms with Gasteiger partial charge in [-0.15, -0.1) is 0 Å². The summed E-state index contributed by atoms with van der Waals surface area (Å²) in [7, 11) is 0. The van der Waals surface area contributed by atoms with E-state index in [4.69, 9.17) is 37.9 Å². The molecule has 232 valence electrons. The SMILES string of the molecule is c1cc2cc(c1)COCOCc1cccc(c1)COCOCc1cccc(c1)COCOCc1cccc(c1)COCOC2. The Hall–Kier alpha value is -3.44. The van der Waals surface area contributed by atoms with Gasteiger partial charge in [0.2, 0.25) is 0 Å². The molecule has 0 saturated carbocycles. The molecule has 0 saturated heterocycles. The van der Waals surface area contributed by atoms with Crippen LogP contribution in [0.25, 0.3) is 0 Å². The Labute approximate surface area is 259 Å². The minimum Gasteiger partial charge on any atom is -0.351 e. The molecule has 44 heavy (non-hydrogen) atoms. The molecule has 0 radical (unpaired) electrons. The fourth-order valence-electron chi connectivity index (χ4n) is 4.75. The Balaban J connectivity index is 1.14. The van der Waals surface area contributed by atoms with Gasteiger partial charge in [0, 0.05) is 0 Å². The first kappa shape index (κ1) is 32.0. The van der Waals surface area contributed by atoms with Crippen LogP contribution in [0.5, 0.6) is 0 Å². The molecular formula is C36H40O8. The fraction of sp³-hybridized carbons (Fsp3) is 0.333. The summed E-state index contributed by atoms with van der Waals surface area (Å²) in [5.41, 5.74) is 8.45. The lowest BCUT2D eigenvalue weighted by atomic mass is 10.1. The van der Waals surface area contributed by atoms with Gasteiger partial charge in [0.1, 0.15) is 27.2 Å². The van der Waals surface area contributed by atoms with Crippen molar-refractivity contribution < 1.29 is 37.9 Å². The van der Waals surface area contributed by atoms with Gasteiger partial charge in [0.05, 0.1) is 52.9 Å². The Morgan fingerprint density at radius 1 is 0.250 bits per heavy atom. The second-order valence-corrected chi connectivity index (χ2v) is 10.5. The molecule has 0 unspecified atom stereocenters. The van der Waals surface area contributed by atoms with Crippen LogP contribution in [0.4, 0.5) is 0 Å².